The van der Waals surface area contributed by atoms with Crippen LogP contribution in [0.15, 0.2) is 0 Å². The van der Waals surface area contributed by atoms with Gasteiger partial charge in [-0.3, -0.25) is 0 Å². The first-order valence-corrected chi connectivity index (χ1v) is 8.83. The van der Waals surface area contributed by atoms with Gasteiger partial charge in [0.15, 0.2) is 9.84 Å². The Kier molecular flexibility index (Phi) is 6.49. The zero-order valence-electron chi connectivity index (χ0n) is 11.0. The molecule has 0 aliphatic heterocycles. The van der Waals surface area contributed by atoms with Crippen LogP contribution in [-0.4, -0.2) is 26.0 Å². The van der Waals surface area contributed by atoms with Crippen LogP contribution in [0.25, 0.3) is 0 Å². The summed E-state index contributed by atoms with van der Waals surface area (Å²) in [4.78, 5) is 0. The minimum absolute atomic E-state index is 0.137. The van der Waals surface area contributed by atoms with E-state index in [1.165, 1.54) is 19.3 Å². The monoisotopic (exact) mass is 261 g/mol. The average Bonchev–Trinajstić information content (AvgIpc) is 2.30. The van der Waals surface area contributed by atoms with Crippen LogP contribution in [0.3, 0.4) is 0 Å². The fourth-order valence-corrected chi connectivity index (χ4v) is 4.32. The summed E-state index contributed by atoms with van der Waals surface area (Å²) in [6, 6.07) is -0.137. The minimum Gasteiger partial charge on any atom is -0.327 e. The fourth-order valence-electron chi connectivity index (χ4n) is 2.65. The van der Waals surface area contributed by atoms with Crippen molar-refractivity contribution < 1.29 is 8.42 Å². The van der Waals surface area contributed by atoms with E-state index >= 15 is 0 Å². The molecule has 0 radical (unpaired) electrons. The molecule has 1 saturated carbocycles. The molecule has 1 aliphatic rings. The van der Waals surface area contributed by atoms with Gasteiger partial charge < -0.3 is 5.73 Å². The predicted molar refractivity (Wildman–Crippen MR) is 72.7 cm³/mol. The highest BCUT2D eigenvalue weighted by Crippen LogP contribution is 2.26. The van der Waals surface area contributed by atoms with Crippen molar-refractivity contribution in [1.29, 1.82) is 0 Å². The Morgan fingerprint density at radius 3 is 2.41 bits per heavy atom. The van der Waals surface area contributed by atoms with Gasteiger partial charge in [0.05, 0.1) is 11.5 Å². The molecule has 17 heavy (non-hydrogen) atoms. The van der Waals surface area contributed by atoms with E-state index < -0.39 is 9.84 Å². The van der Waals surface area contributed by atoms with Crippen LogP contribution in [-0.2, 0) is 9.84 Å². The van der Waals surface area contributed by atoms with Gasteiger partial charge >= 0.3 is 0 Å². The molecule has 1 aliphatic carbocycles. The maximum Gasteiger partial charge on any atom is 0.151 e. The zero-order valence-corrected chi connectivity index (χ0v) is 11.8. The Bertz CT molecular complexity index is 295. The topological polar surface area (TPSA) is 60.2 Å². The third kappa shape index (κ3) is 5.87. The molecular weight excluding hydrogens is 234 g/mol. The molecule has 0 spiro atoms. The number of nitrogens with two attached hydrogens (primary N) is 1. The van der Waals surface area contributed by atoms with Crippen molar-refractivity contribution >= 4 is 9.84 Å². The molecule has 102 valence electrons. The van der Waals surface area contributed by atoms with Gasteiger partial charge in [0, 0.05) is 6.04 Å². The smallest absolute Gasteiger partial charge is 0.151 e. The van der Waals surface area contributed by atoms with E-state index in [9.17, 15) is 8.42 Å². The minimum atomic E-state index is -2.93. The first-order chi connectivity index (χ1) is 8.05. The van der Waals surface area contributed by atoms with E-state index in [2.05, 4.69) is 6.92 Å². The van der Waals surface area contributed by atoms with Gasteiger partial charge in [0.1, 0.15) is 0 Å². The molecule has 0 bridgehead atoms. The molecule has 3 nitrogen and oxygen atoms in total. The van der Waals surface area contributed by atoms with Crippen LogP contribution in [0.4, 0.5) is 0 Å². The molecule has 1 unspecified atom stereocenters. The summed E-state index contributed by atoms with van der Waals surface area (Å²) in [6.07, 6.45) is 8.80. The third-order valence-corrected chi connectivity index (χ3v) is 5.56. The van der Waals surface area contributed by atoms with E-state index in [0.717, 1.165) is 32.1 Å². The van der Waals surface area contributed by atoms with Crippen molar-refractivity contribution in [2.75, 3.05) is 11.5 Å². The number of sulfone groups is 1. The summed E-state index contributed by atoms with van der Waals surface area (Å²) in [6.45, 7) is 2.08. The molecule has 0 heterocycles. The number of rotatable bonds is 7. The van der Waals surface area contributed by atoms with Crippen molar-refractivity contribution in [3.63, 3.8) is 0 Å². The van der Waals surface area contributed by atoms with Gasteiger partial charge in [-0.05, 0) is 25.2 Å². The largest absolute Gasteiger partial charge is 0.327 e. The van der Waals surface area contributed by atoms with Gasteiger partial charge in [-0.25, -0.2) is 8.42 Å². The molecule has 0 aromatic carbocycles. The summed E-state index contributed by atoms with van der Waals surface area (Å²) in [5.74, 6) is 0.951. The van der Waals surface area contributed by atoms with E-state index in [4.69, 9.17) is 5.73 Å². The highest BCUT2D eigenvalue weighted by molar-refractivity contribution is 7.91. The number of unbranched alkanes of at least 4 members (excludes halogenated alkanes) is 2. The Balaban J connectivity index is 2.34. The normalized spacial score (nSPS) is 20.4. The lowest BCUT2D eigenvalue weighted by Gasteiger charge is -2.27. The van der Waals surface area contributed by atoms with Gasteiger partial charge in [-0.2, -0.15) is 0 Å². The Morgan fingerprint density at radius 1 is 1.18 bits per heavy atom. The zero-order chi connectivity index (χ0) is 12.7. The van der Waals surface area contributed by atoms with Crippen molar-refractivity contribution in [3.05, 3.63) is 0 Å². The molecule has 1 fully saturated rings. The summed E-state index contributed by atoms with van der Waals surface area (Å²) in [7, 11) is -2.93. The second-order valence-corrected chi connectivity index (χ2v) is 7.61. The lowest BCUT2D eigenvalue weighted by atomic mass is 9.85. The first kappa shape index (κ1) is 15.0. The van der Waals surface area contributed by atoms with Crippen LogP contribution in [0, 0.1) is 5.92 Å². The van der Waals surface area contributed by atoms with Crippen molar-refractivity contribution in [1.82, 2.24) is 0 Å². The fraction of sp³-hybridized carbons (Fsp3) is 1.00. The van der Waals surface area contributed by atoms with Crippen LogP contribution in [0.2, 0.25) is 0 Å². The molecule has 1 atom stereocenters. The molecule has 0 amide bonds. The molecule has 0 saturated heterocycles. The van der Waals surface area contributed by atoms with Crippen LogP contribution in [0.5, 0.6) is 0 Å². The SMILES string of the molecule is CCCCCS(=O)(=O)CC(N)C1CCCCC1. The van der Waals surface area contributed by atoms with Gasteiger partial charge in [-0.1, -0.05) is 39.0 Å². The van der Waals surface area contributed by atoms with Crippen LogP contribution < -0.4 is 5.73 Å². The molecule has 0 aromatic heterocycles. The molecule has 4 heteroatoms. The maximum atomic E-state index is 11.9. The Labute approximate surface area is 106 Å². The highest BCUT2D eigenvalue weighted by atomic mass is 32.2. The van der Waals surface area contributed by atoms with E-state index in [1.807, 2.05) is 0 Å². The van der Waals surface area contributed by atoms with Crippen molar-refractivity contribution in [2.45, 2.75) is 64.3 Å². The standard InChI is InChI=1S/C13H27NO2S/c1-2-3-7-10-17(15,16)11-13(14)12-8-5-4-6-9-12/h12-13H,2-11,14H2,1H3. The lowest BCUT2D eigenvalue weighted by molar-refractivity contribution is 0.317. The molecule has 0 aromatic rings. The van der Waals surface area contributed by atoms with E-state index in [-0.39, 0.29) is 11.8 Å². The van der Waals surface area contributed by atoms with Gasteiger partial charge in [0.25, 0.3) is 0 Å². The van der Waals surface area contributed by atoms with Gasteiger partial charge in [-0.15, -0.1) is 0 Å². The second-order valence-electron chi connectivity index (χ2n) is 5.38. The molecular formula is C13H27NO2S. The maximum absolute atomic E-state index is 11.9. The lowest BCUT2D eigenvalue weighted by Crippen LogP contribution is -2.38. The summed E-state index contributed by atoms with van der Waals surface area (Å²) >= 11 is 0. The van der Waals surface area contributed by atoms with Crippen molar-refractivity contribution in [2.24, 2.45) is 11.7 Å². The van der Waals surface area contributed by atoms with E-state index in [0.29, 0.717) is 11.7 Å². The quantitative estimate of drug-likeness (QED) is 0.716. The van der Waals surface area contributed by atoms with Gasteiger partial charge in [0.2, 0.25) is 0 Å². The number of hydrogen-bond acceptors (Lipinski definition) is 3. The third-order valence-electron chi connectivity index (χ3n) is 3.76. The summed E-state index contributed by atoms with van der Waals surface area (Å²) in [5.41, 5.74) is 6.06. The number of hydrogen-bond donors (Lipinski definition) is 1. The van der Waals surface area contributed by atoms with Crippen LogP contribution >= 0.6 is 0 Å². The van der Waals surface area contributed by atoms with Crippen molar-refractivity contribution in [3.8, 4) is 0 Å². The first-order valence-electron chi connectivity index (χ1n) is 7.01. The Hall–Kier alpha value is -0.0900. The summed E-state index contributed by atoms with van der Waals surface area (Å²) < 4.78 is 23.8. The van der Waals surface area contributed by atoms with E-state index in [1.54, 1.807) is 0 Å². The summed E-state index contributed by atoms with van der Waals surface area (Å²) in [5, 5.41) is 0. The highest BCUT2D eigenvalue weighted by Gasteiger charge is 2.25. The van der Waals surface area contributed by atoms with Crippen LogP contribution in [0.1, 0.15) is 58.3 Å². The average molecular weight is 261 g/mol. The molecule has 1 rings (SSSR count). The second kappa shape index (κ2) is 7.37. The predicted octanol–water partition coefficient (Wildman–Crippen LogP) is 2.50. The Morgan fingerprint density at radius 2 is 1.82 bits per heavy atom. The molecule has 2 N–H and O–H groups in total.